The zero-order chi connectivity index (χ0) is 12.0. The van der Waals surface area contributed by atoms with Crippen molar-refractivity contribution in [2.45, 2.75) is 20.8 Å². The summed E-state index contributed by atoms with van der Waals surface area (Å²) in [5.41, 5.74) is 1.80. The maximum atomic E-state index is 11.5. The molecule has 1 aromatic rings. The Bertz CT molecular complexity index is 335. The predicted molar refractivity (Wildman–Crippen MR) is 63.5 cm³/mol. The number of morpholine rings is 1. The van der Waals surface area contributed by atoms with Gasteiger partial charge in [0.1, 0.15) is 6.61 Å². The lowest BCUT2D eigenvalue weighted by Crippen LogP contribution is -2.41. The zero-order valence-electron chi connectivity index (χ0n) is 10.1. The maximum absolute atomic E-state index is 11.5. The fraction of sp³-hybridized carbons (Fsp3) is 0.500. The van der Waals surface area contributed by atoms with Crippen molar-refractivity contribution in [2.24, 2.45) is 0 Å². The number of hydrogen-bond donors (Lipinski definition) is 0. The summed E-state index contributed by atoms with van der Waals surface area (Å²) in [6.45, 7) is 7.31. The molecule has 0 unspecified atom stereocenters. The van der Waals surface area contributed by atoms with E-state index < -0.39 is 0 Å². The van der Waals surface area contributed by atoms with Crippen molar-refractivity contribution in [3.63, 3.8) is 0 Å². The minimum Gasteiger partial charge on any atom is -0.370 e. The van der Waals surface area contributed by atoms with E-state index in [1.165, 1.54) is 0 Å². The van der Waals surface area contributed by atoms with Crippen LogP contribution in [0.2, 0.25) is 0 Å². The van der Waals surface area contributed by atoms with Gasteiger partial charge in [0.25, 0.3) is 5.91 Å². The molecule has 0 saturated carbocycles. The van der Waals surface area contributed by atoms with Crippen molar-refractivity contribution in [1.82, 2.24) is 4.98 Å². The molecule has 0 N–H and O–H groups in total. The minimum atomic E-state index is 0.00176. The number of carbonyl (C=O) groups excluding carboxylic acids is 1. The molecule has 88 valence electrons. The lowest BCUT2D eigenvalue weighted by atomic mass is 10.3. The van der Waals surface area contributed by atoms with Gasteiger partial charge in [0.05, 0.1) is 18.5 Å². The van der Waals surface area contributed by atoms with Gasteiger partial charge in [0.2, 0.25) is 0 Å². The predicted octanol–water partition coefficient (Wildman–Crippen LogP) is 1.78. The van der Waals surface area contributed by atoms with Crippen molar-refractivity contribution in [3.05, 3.63) is 24.0 Å². The van der Waals surface area contributed by atoms with E-state index in [4.69, 9.17) is 4.74 Å². The number of aromatic nitrogens is 1. The average Bonchev–Trinajstić information content (AvgIpc) is 2.34. The third kappa shape index (κ3) is 3.03. The molecule has 1 saturated heterocycles. The number of aryl methyl sites for hydroxylation is 1. The highest BCUT2D eigenvalue weighted by Gasteiger charge is 2.19. The maximum Gasteiger partial charge on any atom is 0.253 e. The summed E-state index contributed by atoms with van der Waals surface area (Å²) in [6, 6.07) is 3.81. The van der Waals surface area contributed by atoms with E-state index in [-0.39, 0.29) is 12.5 Å². The van der Waals surface area contributed by atoms with Gasteiger partial charge >= 0.3 is 0 Å². The van der Waals surface area contributed by atoms with Gasteiger partial charge in [-0.05, 0) is 19.1 Å². The van der Waals surface area contributed by atoms with Crippen LogP contribution in [0.5, 0.6) is 0 Å². The molecular formula is C12H18N2O2. The summed E-state index contributed by atoms with van der Waals surface area (Å²) < 4.78 is 5.05. The number of ether oxygens (including phenoxy) is 1. The molecule has 4 nitrogen and oxygen atoms in total. The standard InChI is InChI=1S/C10H12N2O2.C2H6/c1-8-2-3-9(6-11-8)12-4-5-14-7-10(12)13;1-2/h2-3,6H,4-5,7H2,1H3;1-2H3. The van der Waals surface area contributed by atoms with Crippen LogP contribution in [-0.4, -0.2) is 30.6 Å². The van der Waals surface area contributed by atoms with Gasteiger partial charge in [-0.1, -0.05) is 13.8 Å². The number of nitrogens with zero attached hydrogens (tertiary/aromatic N) is 2. The molecule has 0 aliphatic carbocycles. The summed E-state index contributed by atoms with van der Waals surface area (Å²) >= 11 is 0. The number of anilines is 1. The van der Waals surface area contributed by atoms with Gasteiger partial charge in [-0.2, -0.15) is 0 Å². The Kier molecular flexibility index (Phi) is 4.92. The fourth-order valence-electron chi connectivity index (χ4n) is 1.41. The SMILES string of the molecule is CC.Cc1ccc(N2CCOCC2=O)cn1. The van der Waals surface area contributed by atoms with Crippen molar-refractivity contribution in [2.75, 3.05) is 24.7 Å². The van der Waals surface area contributed by atoms with E-state index in [0.29, 0.717) is 13.2 Å². The molecule has 0 bridgehead atoms. The summed E-state index contributed by atoms with van der Waals surface area (Å²) in [6.07, 6.45) is 1.72. The number of pyridine rings is 1. The van der Waals surface area contributed by atoms with E-state index in [1.54, 1.807) is 11.1 Å². The molecule has 0 spiro atoms. The Morgan fingerprint density at radius 2 is 2.12 bits per heavy atom. The molecule has 0 atom stereocenters. The van der Waals surface area contributed by atoms with Crippen LogP contribution in [0, 0.1) is 6.92 Å². The van der Waals surface area contributed by atoms with E-state index in [9.17, 15) is 4.79 Å². The topological polar surface area (TPSA) is 42.4 Å². The van der Waals surface area contributed by atoms with Crippen LogP contribution in [-0.2, 0) is 9.53 Å². The van der Waals surface area contributed by atoms with Gasteiger partial charge in [-0.25, -0.2) is 0 Å². The average molecular weight is 222 g/mol. The number of carbonyl (C=O) groups is 1. The van der Waals surface area contributed by atoms with Crippen LogP contribution in [0.1, 0.15) is 19.5 Å². The Morgan fingerprint density at radius 1 is 1.38 bits per heavy atom. The van der Waals surface area contributed by atoms with Crippen molar-refractivity contribution in [3.8, 4) is 0 Å². The van der Waals surface area contributed by atoms with Crippen molar-refractivity contribution < 1.29 is 9.53 Å². The van der Waals surface area contributed by atoms with Crippen LogP contribution in [0.4, 0.5) is 5.69 Å². The second-order valence-corrected chi connectivity index (χ2v) is 3.26. The van der Waals surface area contributed by atoms with E-state index >= 15 is 0 Å². The van der Waals surface area contributed by atoms with Crippen molar-refractivity contribution >= 4 is 11.6 Å². The van der Waals surface area contributed by atoms with Crippen molar-refractivity contribution in [1.29, 1.82) is 0 Å². The lowest BCUT2D eigenvalue weighted by Gasteiger charge is -2.26. The monoisotopic (exact) mass is 222 g/mol. The summed E-state index contributed by atoms with van der Waals surface area (Å²) in [4.78, 5) is 17.3. The summed E-state index contributed by atoms with van der Waals surface area (Å²) in [7, 11) is 0. The van der Waals surface area contributed by atoms with Gasteiger partial charge in [-0.3, -0.25) is 9.78 Å². The molecule has 1 fully saturated rings. The van der Waals surface area contributed by atoms with E-state index in [0.717, 1.165) is 11.4 Å². The second kappa shape index (κ2) is 6.23. The van der Waals surface area contributed by atoms with Gasteiger partial charge < -0.3 is 9.64 Å². The molecule has 1 aliphatic rings. The summed E-state index contributed by atoms with van der Waals surface area (Å²) in [5, 5.41) is 0. The Hall–Kier alpha value is -1.42. The first kappa shape index (κ1) is 12.6. The Labute approximate surface area is 96.2 Å². The summed E-state index contributed by atoms with van der Waals surface area (Å²) in [5.74, 6) is 0.00176. The van der Waals surface area contributed by atoms with Crippen LogP contribution >= 0.6 is 0 Å². The second-order valence-electron chi connectivity index (χ2n) is 3.26. The molecule has 1 aromatic heterocycles. The van der Waals surface area contributed by atoms with E-state index in [2.05, 4.69) is 4.98 Å². The molecule has 4 heteroatoms. The molecule has 16 heavy (non-hydrogen) atoms. The first-order valence-corrected chi connectivity index (χ1v) is 5.58. The molecule has 1 aliphatic heterocycles. The van der Waals surface area contributed by atoms with Gasteiger partial charge in [-0.15, -0.1) is 0 Å². The van der Waals surface area contributed by atoms with Crippen LogP contribution in [0.3, 0.4) is 0 Å². The first-order chi connectivity index (χ1) is 7.77. The highest BCUT2D eigenvalue weighted by atomic mass is 16.5. The smallest absolute Gasteiger partial charge is 0.253 e. The molecule has 0 radical (unpaired) electrons. The third-order valence-electron chi connectivity index (χ3n) is 2.19. The molecule has 2 rings (SSSR count). The molecule has 0 aromatic carbocycles. The normalized spacial score (nSPS) is 15.4. The third-order valence-corrected chi connectivity index (χ3v) is 2.19. The molecule has 1 amide bonds. The van der Waals surface area contributed by atoms with Crippen LogP contribution < -0.4 is 4.90 Å². The number of hydrogen-bond acceptors (Lipinski definition) is 3. The Morgan fingerprint density at radius 3 is 2.69 bits per heavy atom. The Balaban J connectivity index is 0.000000606. The molecule has 2 heterocycles. The lowest BCUT2D eigenvalue weighted by molar-refractivity contribution is -0.125. The van der Waals surface area contributed by atoms with Gasteiger partial charge in [0.15, 0.2) is 0 Å². The largest absolute Gasteiger partial charge is 0.370 e. The molecular weight excluding hydrogens is 204 g/mol. The van der Waals surface area contributed by atoms with E-state index in [1.807, 2.05) is 32.9 Å². The van der Waals surface area contributed by atoms with Gasteiger partial charge in [0, 0.05) is 12.2 Å². The quantitative estimate of drug-likeness (QED) is 0.727. The number of rotatable bonds is 1. The highest BCUT2D eigenvalue weighted by molar-refractivity contribution is 5.94. The zero-order valence-corrected chi connectivity index (χ0v) is 10.1. The minimum absolute atomic E-state index is 0.00176. The van der Waals surface area contributed by atoms with Crippen LogP contribution in [0.15, 0.2) is 18.3 Å². The van der Waals surface area contributed by atoms with Crippen LogP contribution in [0.25, 0.3) is 0 Å². The number of amides is 1. The fourth-order valence-corrected chi connectivity index (χ4v) is 1.41. The first-order valence-electron chi connectivity index (χ1n) is 5.58. The highest BCUT2D eigenvalue weighted by Crippen LogP contribution is 2.14.